The van der Waals surface area contributed by atoms with E-state index in [1.807, 2.05) is 153 Å². The molecule has 19 aromatic rings. The van der Waals surface area contributed by atoms with Gasteiger partial charge in [0.25, 0.3) is 0 Å². The molecule has 6 N–H and O–H groups in total. The fourth-order valence-electron chi connectivity index (χ4n) is 13.4. The van der Waals surface area contributed by atoms with Crippen LogP contribution in [0.25, 0.3) is 75.4 Å². The molecule has 6 aromatic heterocycles. The van der Waals surface area contributed by atoms with Gasteiger partial charge in [0.05, 0.1) is 48.4 Å². The zero-order valence-corrected chi connectivity index (χ0v) is 85.2. The molecule has 44 heteroatoms. The predicted molar refractivity (Wildman–Crippen MR) is 521 cm³/mol. The van der Waals surface area contributed by atoms with Crippen LogP contribution >= 0.6 is 69.6 Å². The van der Waals surface area contributed by atoms with Gasteiger partial charge in [-0.05, 0) is 118 Å². The predicted octanol–water partition coefficient (Wildman–Crippen LogP) is 34.3. The molecule has 143 heavy (non-hydrogen) atoms. The second-order valence-electron chi connectivity index (χ2n) is 29.3. The third-order valence-corrected chi connectivity index (χ3v) is 21.5. The Balaban J connectivity index is 0.000000163. The number of phenolic OH excluding ortho intramolecular Hbond substituents is 6. The van der Waals surface area contributed by atoms with Crippen molar-refractivity contribution in [3.05, 3.63) is 356 Å². The fourth-order valence-corrected chi connectivity index (χ4v) is 14.6. The molecule has 0 saturated heterocycles. The number of aromatic nitrogens is 7. The van der Waals surface area contributed by atoms with Crippen LogP contribution in [0, 0.1) is 13.8 Å². The summed E-state index contributed by atoms with van der Waals surface area (Å²) in [6, 6.07) is 78.3. The largest absolute Gasteiger partial charge is 0.506 e. The first-order valence-corrected chi connectivity index (χ1v) is 43.0. The molecule has 0 aliphatic heterocycles. The molecule has 0 atom stereocenters. The van der Waals surface area contributed by atoms with Crippen molar-refractivity contribution in [2.45, 2.75) is 32.4 Å². The van der Waals surface area contributed by atoms with Crippen LogP contribution in [0.5, 0.6) is 40.4 Å². The second-order valence-corrected chi connectivity index (χ2v) is 31.8. The van der Waals surface area contributed by atoms with Gasteiger partial charge >= 0.3 is 18.5 Å². The van der Waals surface area contributed by atoms with E-state index in [1.165, 1.54) is 43.6 Å². The molecule has 0 bridgehead atoms. The maximum absolute atomic E-state index is 13.4. The summed E-state index contributed by atoms with van der Waals surface area (Å²) in [5.41, 5.74) is -0.658. The van der Waals surface area contributed by atoms with E-state index in [0.29, 0.717) is 76.9 Å². The third kappa shape index (κ3) is 27.3. The number of ether oxygens (including phenoxy) is 1. The Bertz CT molecular complexity index is 7970. The van der Waals surface area contributed by atoms with Gasteiger partial charge in [0.15, 0.2) is 46.2 Å². The number of rotatable bonds is 13. The van der Waals surface area contributed by atoms with Crippen molar-refractivity contribution in [2.24, 2.45) is 61.4 Å². The molecule has 6 heterocycles. The number of hydrogen-bond acceptors (Lipinski definition) is 26. The first-order valence-electron chi connectivity index (χ1n) is 40.7. The summed E-state index contributed by atoms with van der Waals surface area (Å²) < 4.78 is 120. The van der Waals surface area contributed by atoms with Crippen molar-refractivity contribution in [1.82, 2.24) is 34.9 Å². The molecule has 26 nitrogen and oxygen atoms in total. The van der Waals surface area contributed by atoms with E-state index in [4.69, 9.17) is 74.3 Å². The van der Waals surface area contributed by atoms with Crippen molar-refractivity contribution in [1.29, 1.82) is 0 Å². The number of nitrogens with zero attached hydrogens (tertiary/aromatic N) is 19. The number of azo groups is 6. The van der Waals surface area contributed by atoms with E-state index in [2.05, 4.69) is 96.3 Å². The van der Waals surface area contributed by atoms with E-state index in [-0.39, 0.29) is 146 Å². The minimum Gasteiger partial charge on any atom is -0.506 e. The number of phenols is 6. The maximum atomic E-state index is 13.4. The van der Waals surface area contributed by atoms with Gasteiger partial charge in [-0.1, -0.05) is 276 Å². The van der Waals surface area contributed by atoms with Gasteiger partial charge in [0.1, 0.15) is 68.7 Å². The molecule has 0 fully saturated rings. The van der Waals surface area contributed by atoms with Crippen LogP contribution < -0.4 is 4.74 Å². The average molecular weight is 2200 g/mol. The molecule has 0 saturated carbocycles. The summed E-state index contributed by atoms with van der Waals surface area (Å²) in [5, 5.41) is 120. The number of pyridine rings is 5. The Morgan fingerprint density at radius 1 is 0.280 bits per heavy atom. The number of halogens is 15. The van der Waals surface area contributed by atoms with Crippen LogP contribution in [-0.4, -0.2) is 72.6 Å². The topological polar surface area (TPSA) is 369 Å². The van der Waals surface area contributed by atoms with Gasteiger partial charge in [-0.25, -0.2) is 29.9 Å². The molecular formula is C99H64Cl6F9N19NiO7Zn2. The summed E-state index contributed by atoms with van der Waals surface area (Å²) in [6.45, 7) is 3.31. The number of benzene rings is 13. The minimum absolute atomic E-state index is 0. The fraction of sp³-hybridized carbons (Fsp3) is 0.0606. The number of aromatic hydroxyl groups is 6. The molecular weight excluding hydrogens is 2140 g/mol. The van der Waals surface area contributed by atoms with Crippen molar-refractivity contribution >= 4 is 214 Å². The van der Waals surface area contributed by atoms with Crippen molar-refractivity contribution in [3.63, 3.8) is 0 Å². The Morgan fingerprint density at radius 3 is 0.881 bits per heavy atom. The van der Waals surface area contributed by atoms with Crippen LogP contribution in [-0.2, 0) is 74.0 Å². The Hall–Kier alpha value is -14.4. The SMILES string of the molecule is COc1nc(C)nc(N=Nc2c(O)ccc3ccccc23)c1C(F)(F)F.Cc1cccc(N=Nc2c(O)ccc3ccccc23)n1.Oc1c(N=Nc2ncc(Cl)cc2Cl)c2ccccc2c2ccccc12.Oc1ccc2ccccc2c1N=Nc1ncc(C(F)(F)F)cc1Cl.Oc1ccc2ccccc2c1N=Nc1ncc(C(F)(F)F)cc1Cl.Oc1ccc2ccccc2c1N=Nc1ncc(Cl)cc1Cl.[Ni].[Zn].[Zn]. The normalized spacial score (nSPS) is 11.5. The summed E-state index contributed by atoms with van der Waals surface area (Å²) in [7, 11) is 1.08. The molecule has 19 rings (SSSR count). The molecule has 0 aliphatic rings. The Kier molecular flexibility index (Phi) is 37.2. The summed E-state index contributed by atoms with van der Waals surface area (Å²) >= 11 is 35.3. The Morgan fingerprint density at radius 2 is 0.566 bits per heavy atom. The molecule has 13 aromatic carbocycles. The summed E-state index contributed by atoms with van der Waals surface area (Å²) in [4.78, 5) is 26.8. The van der Waals surface area contributed by atoms with Gasteiger partial charge in [-0.15, -0.1) is 61.4 Å². The number of alkyl halides is 9. The monoisotopic (exact) mass is 2200 g/mol. The van der Waals surface area contributed by atoms with Crippen LogP contribution in [0.15, 0.2) is 359 Å². The van der Waals surface area contributed by atoms with Gasteiger partial charge in [-0.2, -0.15) is 44.5 Å². The molecule has 0 amide bonds. The zero-order chi connectivity index (χ0) is 99.7. The van der Waals surface area contributed by atoms with E-state index >= 15 is 0 Å². The maximum Gasteiger partial charge on any atom is 0.425 e. The Labute approximate surface area is 869 Å². The third-order valence-electron chi connectivity index (χ3n) is 19.9. The first kappa shape index (κ1) is 109. The number of hydrogen-bond donors (Lipinski definition) is 6. The van der Waals surface area contributed by atoms with Crippen LogP contribution in [0.2, 0.25) is 30.1 Å². The van der Waals surface area contributed by atoms with Crippen LogP contribution in [0.1, 0.15) is 28.2 Å². The molecule has 0 aliphatic carbocycles. The van der Waals surface area contributed by atoms with Crippen molar-refractivity contribution in [2.75, 3.05) is 7.11 Å². The standard InChI is InChI=1S/C19H11Cl2N3O.C17H13F3N4O2.2C16H9ClF3N3O.C16H13N3O.C15H9Cl2N3O.Ni.2Zn/c20-11-9-16(21)19(22-10-11)24-23-17-14-7-3-1-5-12(14)13-6-2-4-8-15(13)18(17)25;1-9-21-15(13(17(18,19)20)16(22-9)26-2)24-23-14-11-6-4-3-5-10(11)7-8-12(14)25;2*17-12-7-10(16(18,19)20)8-21-15(12)23-22-14-11-4-2-1-3-9(11)5-6-13(14)24;1-11-5-4-8-15(17-11)18-19-16-13-7-3-2-6-12(13)9-10-14(16)20;16-10-7-12(17)15(18-8-10)20-19-14-11-4-2-1-3-9(11)5-6-13(14)21;;;/h1-10,25H;3-8,25H,1-2H3;2*1-8,24H;2-10,20H,1H3;1-8,21H;;;. The summed E-state index contributed by atoms with van der Waals surface area (Å²) in [6.07, 6.45) is -9.73. The van der Waals surface area contributed by atoms with Crippen molar-refractivity contribution in [3.8, 4) is 40.4 Å². The molecule has 0 radical (unpaired) electrons. The van der Waals surface area contributed by atoms with Gasteiger partial charge in [0.2, 0.25) is 5.88 Å². The van der Waals surface area contributed by atoms with Crippen LogP contribution in [0.3, 0.4) is 0 Å². The molecule has 0 unspecified atom stereocenters. The van der Waals surface area contributed by atoms with E-state index < -0.39 is 46.9 Å². The number of aryl methyl sites for hydroxylation is 2. The quantitative estimate of drug-likeness (QED) is 0.0270. The zero-order valence-electron chi connectivity index (χ0n) is 73.8. The van der Waals surface area contributed by atoms with Crippen molar-refractivity contribution < 1.29 is 130 Å². The number of fused-ring (bicyclic) bond motifs is 8. The smallest absolute Gasteiger partial charge is 0.425 e. The van der Waals surface area contributed by atoms with E-state index in [9.17, 15) is 70.2 Å². The van der Waals surface area contributed by atoms with Crippen LogP contribution in [0.4, 0.5) is 109 Å². The van der Waals surface area contributed by atoms with E-state index in [1.54, 1.807) is 91.0 Å². The van der Waals surface area contributed by atoms with Gasteiger partial charge in [0, 0.05) is 124 Å². The van der Waals surface area contributed by atoms with Gasteiger partial charge in [-0.3, -0.25) is 0 Å². The number of methoxy groups -OCH3 is 1. The minimum atomic E-state index is -4.78. The van der Waals surface area contributed by atoms with Gasteiger partial charge < -0.3 is 35.4 Å². The molecule has 716 valence electrons. The van der Waals surface area contributed by atoms with E-state index in [0.717, 1.165) is 78.8 Å². The molecule has 0 spiro atoms. The average Bonchev–Trinajstić information content (AvgIpc) is 0.755. The second kappa shape index (κ2) is 48.8. The summed E-state index contributed by atoms with van der Waals surface area (Å²) in [5.74, 6) is -0.811. The first-order chi connectivity index (χ1) is 67.1.